The molecule has 92 valence electrons. The lowest BCUT2D eigenvalue weighted by Crippen LogP contribution is -2.17. The first-order chi connectivity index (χ1) is 8.22. The fourth-order valence-electron chi connectivity index (χ4n) is 1.44. The van der Waals surface area contributed by atoms with Crippen LogP contribution in [0.3, 0.4) is 0 Å². The molecule has 0 aliphatic carbocycles. The predicted molar refractivity (Wildman–Crippen MR) is 67.4 cm³/mol. The van der Waals surface area contributed by atoms with E-state index in [1.807, 2.05) is 12.1 Å². The molecule has 0 saturated heterocycles. The van der Waals surface area contributed by atoms with Gasteiger partial charge in [-0.25, -0.2) is 0 Å². The SMILES string of the molecule is C=CCNCc1ccc(OC)c(C(N)=NO)c1. The number of ether oxygens (including phenoxy) is 1. The highest BCUT2D eigenvalue weighted by molar-refractivity contribution is 5.99. The van der Waals surface area contributed by atoms with E-state index >= 15 is 0 Å². The van der Waals surface area contributed by atoms with Gasteiger partial charge in [-0.2, -0.15) is 0 Å². The molecule has 1 rings (SSSR count). The van der Waals surface area contributed by atoms with Gasteiger partial charge in [0.2, 0.25) is 0 Å². The van der Waals surface area contributed by atoms with Crippen molar-refractivity contribution in [2.75, 3.05) is 13.7 Å². The Morgan fingerprint density at radius 1 is 1.65 bits per heavy atom. The normalized spacial score (nSPS) is 11.2. The standard InChI is InChI=1S/C12H17N3O2/c1-3-6-14-8-9-4-5-11(17-2)10(7-9)12(13)15-16/h3-5,7,14,16H,1,6,8H2,2H3,(H2,13,15). The van der Waals surface area contributed by atoms with Crippen molar-refractivity contribution in [3.8, 4) is 5.75 Å². The van der Waals surface area contributed by atoms with E-state index in [0.717, 1.165) is 12.1 Å². The zero-order valence-electron chi connectivity index (χ0n) is 9.81. The monoisotopic (exact) mass is 235 g/mol. The molecule has 1 aromatic carbocycles. The molecular formula is C12H17N3O2. The number of oxime groups is 1. The summed E-state index contributed by atoms with van der Waals surface area (Å²) in [5.74, 6) is 0.611. The summed E-state index contributed by atoms with van der Waals surface area (Å²) in [7, 11) is 1.54. The van der Waals surface area contributed by atoms with Crippen LogP contribution in [0, 0.1) is 0 Å². The fourth-order valence-corrected chi connectivity index (χ4v) is 1.44. The Morgan fingerprint density at radius 2 is 2.41 bits per heavy atom. The second kappa shape index (κ2) is 6.55. The molecule has 0 aliphatic heterocycles. The van der Waals surface area contributed by atoms with E-state index in [-0.39, 0.29) is 5.84 Å². The summed E-state index contributed by atoms with van der Waals surface area (Å²) in [6.45, 7) is 5.03. The van der Waals surface area contributed by atoms with Crippen molar-refractivity contribution >= 4 is 5.84 Å². The van der Waals surface area contributed by atoms with E-state index in [2.05, 4.69) is 17.1 Å². The van der Waals surface area contributed by atoms with Crippen LogP contribution in [-0.2, 0) is 6.54 Å². The average Bonchev–Trinajstić information content (AvgIpc) is 2.38. The van der Waals surface area contributed by atoms with E-state index in [0.29, 0.717) is 17.9 Å². The zero-order valence-corrected chi connectivity index (χ0v) is 9.81. The third-order valence-corrected chi connectivity index (χ3v) is 2.27. The minimum Gasteiger partial charge on any atom is -0.496 e. The Hall–Kier alpha value is -2.01. The van der Waals surface area contributed by atoms with Crippen LogP contribution in [-0.4, -0.2) is 24.7 Å². The fraction of sp³-hybridized carbons (Fsp3) is 0.250. The molecule has 5 nitrogen and oxygen atoms in total. The van der Waals surface area contributed by atoms with Gasteiger partial charge in [-0.15, -0.1) is 6.58 Å². The lowest BCUT2D eigenvalue weighted by molar-refractivity contribution is 0.318. The molecule has 0 amide bonds. The second-order valence-corrected chi connectivity index (χ2v) is 3.44. The van der Waals surface area contributed by atoms with Crippen LogP contribution in [0.4, 0.5) is 0 Å². The Labute approximate surface area is 101 Å². The summed E-state index contributed by atoms with van der Waals surface area (Å²) >= 11 is 0. The van der Waals surface area contributed by atoms with Crippen molar-refractivity contribution in [1.29, 1.82) is 0 Å². The molecule has 17 heavy (non-hydrogen) atoms. The number of rotatable bonds is 6. The van der Waals surface area contributed by atoms with Crippen LogP contribution >= 0.6 is 0 Å². The summed E-state index contributed by atoms with van der Waals surface area (Å²) < 4.78 is 5.14. The Kier molecular flexibility index (Phi) is 5.03. The van der Waals surface area contributed by atoms with Crippen molar-refractivity contribution in [2.45, 2.75) is 6.54 Å². The van der Waals surface area contributed by atoms with Gasteiger partial charge < -0.3 is 21.0 Å². The largest absolute Gasteiger partial charge is 0.496 e. The first-order valence-corrected chi connectivity index (χ1v) is 5.19. The number of nitrogens with two attached hydrogens (primary N) is 1. The van der Waals surface area contributed by atoms with Crippen molar-refractivity contribution < 1.29 is 9.94 Å². The summed E-state index contributed by atoms with van der Waals surface area (Å²) in [5.41, 5.74) is 7.18. The molecular weight excluding hydrogens is 218 g/mol. The molecule has 0 aliphatic rings. The molecule has 0 unspecified atom stereocenters. The van der Waals surface area contributed by atoms with E-state index in [9.17, 15) is 0 Å². The highest BCUT2D eigenvalue weighted by Gasteiger charge is 2.08. The molecule has 0 aromatic heterocycles. The van der Waals surface area contributed by atoms with E-state index in [1.54, 1.807) is 19.3 Å². The van der Waals surface area contributed by atoms with Crippen LogP contribution in [0.2, 0.25) is 0 Å². The quantitative estimate of drug-likeness (QED) is 0.172. The van der Waals surface area contributed by atoms with Crippen molar-refractivity contribution in [1.82, 2.24) is 5.32 Å². The Morgan fingerprint density at radius 3 is 3.00 bits per heavy atom. The molecule has 4 N–H and O–H groups in total. The Balaban J connectivity index is 2.92. The molecule has 0 fully saturated rings. The van der Waals surface area contributed by atoms with Crippen LogP contribution in [0.25, 0.3) is 0 Å². The maximum Gasteiger partial charge on any atom is 0.173 e. The molecule has 1 aromatic rings. The number of amidine groups is 1. The van der Waals surface area contributed by atoms with Crippen molar-refractivity contribution in [3.63, 3.8) is 0 Å². The number of hydrogen-bond acceptors (Lipinski definition) is 4. The van der Waals surface area contributed by atoms with Gasteiger partial charge in [0.05, 0.1) is 12.7 Å². The molecule has 0 bridgehead atoms. The highest BCUT2D eigenvalue weighted by atomic mass is 16.5. The lowest BCUT2D eigenvalue weighted by atomic mass is 10.1. The summed E-state index contributed by atoms with van der Waals surface area (Å²) in [6, 6.07) is 5.53. The van der Waals surface area contributed by atoms with Gasteiger partial charge in [-0.05, 0) is 17.7 Å². The number of hydrogen-bond donors (Lipinski definition) is 3. The average molecular weight is 235 g/mol. The summed E-state index contributed by atoms with van der Waals surface area (Å²) in [6.07, 6.45) is 1.79. The van der Waals surface area contributed by atoms with E-state index in [1.165, 1.54) is 0 Å². The summed E-state index contributed by atoms with van der Waals surface area (Å²) in [4.78, 5) is 0. The smallest absolute Gasteiger partial charge is 0.173 e. The number of methoxy groups -OCH3 is 1. The third-order valence-electron chi connectivity index (χ3n) is 2.27. The van der Waals surface area contributed by atoms with Crippen LogP contribution in [0.1, 0.15) is 11.1 Å². The summed E-state index contributed by atoms with van der Waals surface area (Å²) in [5, 5.41) is 14.8. The maximum absolute atomic E-state index is 8.69. The molecule has 5 heteroatoms. The zero-order chi connectivity index (χ0) is 12.7. The van der Waals surface area contributed by atoms with Crippen molar-refractivity contribution in [2.24, 2.45) is 10.9 Å². The highest BCUT2D eigenvalue weighted by Crippen LogP contribution is 2.19. The van der Waals surface area contributed by atoms with E-state index in [4.69, 9.17) is 15.7 Å². The van der Waals surface area contributed by atoms with Gasteiger partial charge in [-0.3, -0.25) is 0 Å². The molecule has 0 saturated carbocycles. The van der Waals surface area contributed by atoms with Crippen LogP contribution < -0.4 is 15.8 Å². The van der Waals surface area contributed by atoms with Crippen molar-refractivity contribution in [3.05, 3.63) is 42.0 Å². The predicted octanol–water partition coefficient (Wildman–Crippen LogP) is 1.07. The van der Waals surface area contributed by atoms with Crippen LogP contribution in [0.15, 0.2) is 36.0 Å². The maximum atomic E-state index is 8.69. The molecule has 0 atom stereocenters. The lowest BCUT2D eigenvalue weighted by Gasteiger charge is -2.09. The van der Waals surface area contributed by atoms with Gasteiger partial charge >= 0.3 is 0 Å². The Bertz CT molecular complexity index is 416. The second-order valence-electron chi connectivity index (χ2n) is 3.44. The van der Waals surface area contributed by atoms with Gasteiger partial charge in [-0.1, -0.05) is 17.3 Å². The van der Waals surface area contributed by atoms with Gasteiger partial charge in [0.15, 0.2) is 5.84 Å². The number of nitrogens with zero attached hydrogens (tertiary/aromatic N) is 1. The number of benzene rings is 1. The minimum absolute atomic E-state index is 0.0346. The number of nitrogens with one attached hydrogen (secondary N) is 1. The topological polar surface area (TPSA) is 79.9 Å². The molecule has 0 radical (unpaired) electrons. The molecule has 0 heterocycles. The molecule has 0 spiro atoms. The minimum atomic E-state index is 0.0346. The first kappa shape index (κ1) is 13.1. The first-order valence-electron chi connectivity index (χ1n) is 5.19. The van der Waals surface area contributed by atoms with Gasteiger partial charge in [0, 0.05) is 13.1 Å². The third kappa shape index (κ3) is 3.49. The van der Waals surface area contributed by atoms with Crippen LogP contribution in [0.5, 0.6) is 5.75 Å². The van der Waals surface area contributed by atoms with E-state index < -0.39 is 0 Å². The van der Waals surface area contributed by atoms with Gasteiger partial charge in [0.25, 0.3) is 0 Å². The van der Waals surface area contributed by atoms with Gasteiger partial charge in [0.1, 0.15) is 5.75 Å².